The van der Waals surface area contributed by atoms with Crippen LogP contribution in [0.5, 0.6) is 0 Å². The summed E-state index contributed by atoms with van der Waals surface area (Å²) in [6.07, 6.45) is 0.875. The van der Waals surface area contributed by atoms with E-state index in [0.717, 1.165) is 29.8 Å². The van der Waals surface area contributed by atoms with Crippen molar-refractivity contribution in [1.29, 1.82) is 0 Å². The number of H-pyrrole nitrogens is 1. The Hall–Kier alpha value is -1.56. The molecule has 5 nitrogen and oxygen atoms in total. The van der Waals surface area contributed by atoms with Gasteiger partial charge in [0, 0.05) is 42.3 Å². The standard InChI is InChI=1S/C14H15ClN4O.ClH/c15-11-4-2-1-3-9(11)7-17-14(20)13-10-8-16-6-5-12(10)18-19-13;/h1-4,16H,5-8H2,(H,17,20)(H,18,19);1H. The summed E-state index contributed by atoms with van der Waals surface area (Å²) in [5.74, 6) is -0.175. The van der Waals surface area contributed by atoms with E-state index in [9.17, 15) is 4.79 Å². The van der Waals surface area contributed by atoms with Gasteiger partial charge in [-0.2, -0.15) is 5.10 Å². The number of rotatable bonds is 3. The summed E-state index contributed by atoms with van der Waals surface area (Å²) in [6.45, 7) is 1.99. The Bertz CT molecular complexity index is 642. The minimum Gasteiger partial charge on any atom is -0.346 e. The molecule has 7 heteroatoms. The molecule has 1 amide bonds. The lowest BCUT2D eigenvalue weighted by atomic mass is 10.1. The highest BCUT2D eigenvalue weighted by atomic mass is 35.5. The maximum absolute atomic E-state index is 12.2. The van der Waals surface area contributed by atoms with Crippen LogP contribution in [0.2, 0.25) is 5.02 Å². The van der Waals surface area contributed by atoms with Crippen LogP contribution in [0, 0.1) is 0 Å². The molecule has 0 atom stereocenters. The summed E-state index contributed by atoms with van der Waals surface area (Å²) in [5, 5.41) is 13.8. The molecule has 1 aromatic carbocycles. The van der Waals surface area contributed by atoms with Crippen LogP contribution in [0.3, 0.4) is 0 Å². The first-order chi connectivity index (χ1) is 9.75. The Morgan fingerprint density at radius 2 is 2.19 bits per heavy atom. The summed E-state index contributed by atoms with van der Waals surface area (Å²) in [5.41, 5.74) is 3.38. The van der Waals surface area contributed by atoms with Crippen LogP contribution >= 0.6 is 24.0 Å². The molecule has 0 fully saturated rings. The zero-order chi connectivity index (χ0) is 13.9. The van der Waals surface area contributed by atoms with Crippen LogP contribution in [0.4, 0.5) is 0 Å². The SMILES string of the molecule is Cl.O=C(NCc1ccccc1Cl)c1n[nH]c2c1CNCC2. The zero-order valence-electron chi connectivity index (χ0n) is 11.3. The van der Waals surface area contributed by atoms with Crippen LogP contribution in [0.1, 0.15) is 27.3 Å². The lowest BCUT2D eigenvalue weighted by Gasteiger charge is -2.13. The van der Waals surface area contributed by atoms with Gasteiger partial charge in [0.25, 0.3) is 5.91 Å². The van der Waals surface area contributed by atoms with Crippen molar-refractivity contribution in [3.63, 3.8) is 0 Å². The second-order valence-corrected chi connectivity index (χ2v) is 5.14. The summed E-state index contributed by atoms with van der Waals surface area (Å²) >= 11 is 6.06. The van der Waals surface area contributed by atoms with E-state index in [1.807, 2.05) is 24.3 Å². The van der Waals surface area contributed by atoms with Crippen LogP contribution in [0.15, 0.2) is 24.3 Å². The Morgan fingerprint density at radius 1 is 1.38 bits per heavy atom. The number of nitrogens with one attached hydrogen (secondary N) is 3. The topological polar surface area (TPSA) is 69.8 Å². The van der Waals surface area contributed by atoms with Crippen LogP contribution in [-0.2, 0) is 19.5 Å². The first kappa shape index (κ1) is 15.8. The number of fused-ring (bicyclic) bond motifs is 1. The Labute approximate surface area is 133 Å². The summed E-state index contributed by atoms with van der Waals surface area (Å²) < 4.78 is 0. The van der Waals surface area contributed by atoms with Gasteiger partial charge in [-0.15, -0.1) is 12.4 Å². The van der Waals surface area contributed by atoms with E-state index in [-0.39, 0.29) is 18.3 Å². The maximum Gasteiger partial charge on any atom is 0.272 e. The van der Waals surface area contributed by atoms with Gasteiger partial charge in [-0.3, -0.25) is 9.89 Å². The van der Waals surface area contributed by atoms with Crippen molar-refractivity contribution in [1.82, 2.24) is 20.8 Å². The van der Waals surface area contributed by atoms with Gasteiger partial charge in [-0.05, 0) is 11.6 Å². The number of halogens is 2. The normalized spacial score (nSPS) is 13.2. The molecule has 0 bridgehead atoms. The van der Waals surface area contributed by atoms with E-state index >= 15 is 0 Å². The van der Waals surface area contributed by atoms with Crippen molar-refractivity contribution in [3.8, 4) is 0 Å². The summed E-state index contributed by atoms with van der Waals surface area (Å²) in [7, 11) is 0. The van der Waals surface area contributed by atoms with Gasteiger partial charge in [0.1, 0.15) is 0 Å². The van der Waals surface area contributed by atoms with Gasteiger partial charge in [0.05, 0.1) is 0 Å². The third kappa shape index (κ3) is 3.37. The third-order valence-electron chi connectivity index (χ3n) is 3.42. The number of carbonyl (C=O) groups is 1. The number of hydrogen-bond donors (Lipinski definition) is 3. The second kappa shape index (κ2) is 6.93. The Morgan fingerprint density at radius 3 is 3.00 bits per heavy atom. The zero-order valence-corrected chi connectivity index (χ0v) is 12.9. The lowest BCUT2D eigenvalue weighted by Crippen LogP contribution is -2.28. The summed E-state index contributed by atoms with van der Waals surface area (Å²) in [6, 6.07) is 7.46. The molecule has 0 unspecified atom stereocenters. The highest BCUT2D eigenvalue weighted by Crippen LogP contribution is 2.17. The molecule has 0 saturated carbocycles. The second-order valence-electron chi connectivity index (χ2n) is 4.73. The molecule has 3 N–H and O–H groups in total. The first-order valence-electron chi connectivity index (χ1n) is 6.54. The van der Waals surface area contributed by atoms with E-state index < -0.39 is 0 Å². The van der Waals surface area contributed by atoms with Gasteiger partial charge < -0.3 is 10.6 Å². The number of nitrogens with zero attached hydrogens (tertiary/aromatic N) is 1. The minimum absolute atomic E-state index is 0. The van der Waals surface area contributed by atoms with E-state index in [0.29, 0.717) is 23.8 Å². The molecule has 0 radical (unpaired) electrons. The van der Waals surface area contributed by atoms with Gasteiger partial charge >= 0.3 is 0 Å². The van der Waals surface area contributed by atoms with Crippen molar-refractivity contribution in [2.75, 3.05) is 6.54 Å². The maximum atomic E-state index is 12.2. The molecule has 0 spiro atoms. The monoisotopic (exact) mass is 326 g/mol. The van der Waals surface area contributed by atoms with Crippen molar-refractivity contribution in [2.24, 2.45) is 0 Å². The number of amides is 1. The van der Waals surface area contributed by atoms with Crippen molar-refractivity contribution in [3.05, 3.63) is 51.8 Å². The van der Waals surface area contributed by atoms with Crippen molar-refractivity contribution in [2.45, 2.75) is 19.5 Å². The molecular formula is C14H16Cl2N4O. The fraction of sp³-hybridized carbons (Fsp3) is 0.286. The van der Waals surface area contributed by atoms with Crippen molar-refractivity contribution >= 4 is 29.9 Å². The van der Waals surface area contributed by atoms with Crippen LogP contribution < -0.4 is 10.6 Å². The molecule has 1 aromatic heterocycles. The fourth-order valence-electron chi connectivity index (χ4n) is 2.31. The molecule has 112 valence electrons. The van der Waals surface area contributed by atoms with Gasteiger partial charge in [-0.1, -0.05) is 29.8 Å². The number of carbonyl (C=O) groups excluding carboxylic acids is 1. The Balaban J connectivity index is 0.00000161. The highest BCUT2D eigenvalue weighted by molar-refractivity contribution is 6.31. The molecule has 1 aliphatic rings. The van der Waals surface area contributed by atoms with E-state index in [4.69, 9.17) is 11.6 Å². The van der Waals surface area contributed by atoms with Crippen LogP contribution in [0.25, 0.3) is 0 Å². The predicted molar refractivity (Wildman–Crippen MR) is 83.9 cm³/mol. The minimum atomic E-state index is -0.175. The van der Waals surface area contributed by atoms with E-state index in [1.165, 1.54) is 0 Å². The molecular weight excluding hydrogens is 311 g/mol. The first-order valence-corrected chi connectivity index (χ1v) is 6.92. The molecule has 0 saturated heterocycles. The van der Waals surface area contributed by atoms with E-state index in [2.05, 4.69) is 20.8 Å². The Kier molecular flexibility index (Phi) is 5.22. The van der Waals surface area contributed by atoms with Crippen molar-refractivity contribution < 1.29 is 4.79 Å². The third-order valence-corrected chi connectivity index (χ3v) is 3.79. The predicted octanol–water partition coefficient (Wildman–Crippen LogP) is 2.06. The lowest BCUT2D eigenvalue weighted by molar-refractivity contribution is 0.0944. The molecule has 3 rings (SSSR count). The number of aromatic amines is 1. The summed E-state index contributed by atoms with van der Waals surface area (Å²) in [4.78, 5) is 12.2. The fourth-order valence-corrected chi connectivity index (χ4v) is 2.52. The quantitative estimate of drug-likeness (QED) is 0.808. The molecule has 2 heterocycles. The van der Waals surface area contributed by atoms with Gasteiger partial charge in [0.15, 0.2) is 5.69 Å². The average molecular weight is 327 g/mol. The highest BCUT2D eigenvalue weighted by Gasteiger charge is 2.21. The van der Waals surface area contributed by atoms with Crippen LogP contribution in [-0.4, -0.2) is 22.6 Å². The molecule has 21 heavy (non-hydrogen) atoms. The number of aromatic nitrogens is 2. The van der Waals surface area contributed by atoms with Gasteiger partial charge in [0.2, 0.25) is 0 Å². The van der Waals surface area contributed by atoms with Gasteiger partial charge in [-0.25, -0.2) is 0 Å². The molecule has 1 aliphatic heterocycles. The number of benzene rings is 1. The largest absolute Gasteiger partial charge is 0.346 e. The molecule has 2 aromatic rings. The van der Waals surface area contributed by atoms with E-state index in [1.54, 1.807) is 0 Å². The smallest absolute Gasteiger partial charge is 0.272 e. The molecule has 0 aliphatic carbocycles. The average Bonchev–Trinajstić information content (AvgIpc) is 2.90. The number of hydrogen-bond acceptors (Lipinski definition) is 3.